The van der Waals surface area contributed by atoms with Gasteiger partial charge in [0.25, 0.3) is 0 Å². The van der Waals surface area contributed by atoms with Crippen molar-refractivity contribution in [3.8, 4) is 11.5 Å². The summed E-state index contributed by atoms with van der Waals surface area (Å²) in [6.07, 6.45) is 5.13. The first kappa shape index (κ1) is 15.9. The molecule has 1 aliphatic rings. The van der Waals surface area contributed by atoms with Gasteiger partial charge in [-0.05, 0) is 29.3 Å². The smallest absolute Gasteiger partial charge is 0.444 e. The maximum Gasteiger partial charge on any atom is 0.444 e. The minimum atomic E-state index is -1.50. The average Bonchev–Trinajstić information content (AvgIpc) is 2.92. The number of unbranched alkanes of at least 4 members (excludes halogenated alkanes) is 3. The molecule has 114 valence electrons. The van der Waals surface area contributed by atoms with Gasteiger partial charge >= 0.3 is 9.28 Å². The van der Waals surface area contributed by atoms with Crippen LogP contribution in [0.3, 0.4) is 0 Å². The van der Waals surface area contributed by atoms with Crippen LogP contribution < -0.4 is 8.85 Å². The van der Waals surface area contributed by atoms with Crippen molar-refractivity contribution in [1.29, 1.82) is 0 Å². The first-order chi connectivity index (χ1) is 10.4. The van der Waals surface area contributed by atoms with E-state index < -0.39 is 9.28 Å². The summed E-state index contributed by atoms with van der Waals surface area (Å²) in [7, 11) is -1.50. The molecule has 0 fully saturated rings. The van der Waals surface area contributed by atoms with Crippen molar-refractivity contribution < 1.29 is 8.85 Å². The molecule has 3 rings (SSSR count). The normalized spacial score (nSPS) is 13.1. The Kier molecular flexibility index (Phi) is 6.12. The highest BCUT2D eigenvalue weighted by molar-refractivity contribution is 6.47. The summed E-state index contributed by atoms with van der Waals surface area (Å²) >= 11 is 0. The Hall–Kier alpha value is -1.48. The van der Waals surface area contributed by atoms with Crippen molar-refractivity contribution in [2.75, 3.05) is 0 Å². The maximum absolute atomic E-state index is 6.01. The Morgan fingerprint density at radius 2 is 1.43 bits per heavy atom. The first-order valence-electron chi connectivity index (χ1n) is 8.23. The summed E-state index contributed by atoms with van der Waals surface area (Å²) in [5.74, 6) is 1.90. The van der Waals surface area contributed by atoms with E-state index in [1.807, 2.05) is 13.8 Å². The molecule has 0 spiro atoms. The van der Waals surface area contributed by atoms with Crippen LogP contribution in [0.25, 0.3) is 10.8 Å². The van der Waals surface area contributed by atoms with Crippen LogP contribution in [0, 0.1) is 0 Å². The number of fused-ring (bicyclic) bond motifs is 2. The lowest BCUT2D eigenvalue weighted by atomic mass is 10.1. The van der Waals surface area contributed by atoms with Gasteiger partial charge in [0.15, 0.2) is 0 Å². The van der Waals surface area contributed by atoms with Crippen molar-refractivity contribution in [1.82, 2.24) is 0 Å². The van der Waals surface area contributed by atoms with E-state index in [0.717, 1.165) is 17.5 Å². The Bertz CT molecular complexity index is 524. The zero-order valence-electron chi connectivity index (χ0n) is 13.4. The number of benzene rings is 2. The molecule has 0 amide bonds. The number of hydrogen-bond acceptors (Lipinski definition) is 2. The van der Waals surface area contributed by atoms with Crippen LogP contribution in [0.2, 0.25) is 6.04 Å². The zero-order valence-corrected chi connectivity index (χ0v) is 14.5. The highest BCUT2D eigenvalue weighted by atomic mass is 28.3. The largest absolute Gasteiger partial charge is 0.511 e. The fraction of sp³-hybridized carbons (Fsp3) is 0.444. The molecule has 0 saturated carbocycles. The molecule has 0 N–H and O–H groups in total. The molecule has 1 aliphatic heterocycles. The van der Waals surface area contributed by atoms with E-state index in [9.17, 15) is 0 Å². The van der Waals surface area contributed by atoms with Gasteiger partial charge in [0.05, 0.1) is 0 Å². The zero-order chi connectivity index (χ0) is 15.1. The van der Waals surface area contributed by atoms with Crippen LogP contribution in [0.15, 0.2) is 36.4 Å². The van der Waals surface area contributed by atoms with Gasteiger partial charge in [-0.25, -0.2) is 0 Å². The van der Waals surface area contributed by atoms with E-state index in [2.05, 4.69) is 43.3 Å². The second kappa shape index (κ2) is 8.08. The van der Waals surface area contributed by atoms with Gasteiger partial charge in [0.1, 0.15) is 11.5 Å². The fourth-order valence-corrected chi connectivity index (χ4v) is 4.39. The average molecular weight is 302 g/mol. The summed E-state index contributed by atoms with van der Waals surface area (Å²) in [6.45, 7) is 6.24. The Morgan fingerprint density at radius 3 is 1.95 bits per heavy atom. The molecule has 0 saturated heterocycles. The van der Waals surface area contributed by atoms with Crippen LogP contribution in [0.4, 0.5) is 0 Å². The molecule has 2 aromatic carbocycles. The van der Waals surface area contributed by atoms with Gasteiger partial charge in [0, 0.05) is 6.04 Å². The molecule has 0 aromatic heterocycles. The summed E-state index contributed by atoms with van der Waals surface area (Å²) in [6, 6.07) is 13.7. The summed E-state index contributed by atoms with van der Waals surface area (Å²) < 4.78 is 12.0. The molecule has 0 radical (unpaired) electrons. The van der Waals surface area contributed by atoms with Crippen LogP contribution >= 0.6 is 0 Å². The van der Waals surface area contributed by atoms with Gasteiger partial charge in [-0.1, -0.05) is 64.3 Å². The standard InChI is InChI=1S/C16H20O2Si.C2H6/c1-2-3-4-7-10-19-17-15-11-13-8-5-6-9-14(13)12-16(15)18-19;1-2/h5-6,8-9,11-12,19H,2-4,7,10H2,1H3;1-2H3. The molecule has 3 heteroatoms. The van der Waals surface area contributed by atoms with E-state index in [-0.39, 0.29) is 0 Å². The van der Waals surface area contributed by atoms with Crippen molar-refractivity contribution in [2.24, 2.45) is 0 Å². The van der Waals surface area contributed by atoms with Crippen molar-refractivity contribution in [3.63, 3.8) is 0 Å². The van der Waals surface area contributed by atoms with Crippen molar-refractivity contribution >= 4 is 20.1 Å². The van der Waals surface area contributed by atoms with Gasteiger partial charge in [-0.2, -0.15) is 0 Å². The van der Waals surface area contributed by atoms with Crippen molar-refractivity contribution in [2.45, 2.75) is 52.5 Å². The molecule has 2 nitrogen and oxygen atoms in total. The third-order valence-electron chi connectivity index (χ3n) is 3.62. The van der Waals surface area contributed by atoms with E-state index >= 15 is 0 Å². The molecule has 0 unspecified atom stereocenters. The third-order valence-corrected chi connectivity index (χ3v) is 5.54. The quantitative estimate of drug-likeness (QED) is 0.541. The monoisotopic (exact) mass is 302 g/mol. The van der Waals surface area contributed by atoms with E-state index in [0.29, 0.717) is 0 Å². The van der Waals surface area contributed by atoms with E-state index in [1.165, 1.54) is 36.5 Å². The van der Waals surface area contributed by atoms with Crippen molar-refractivity contribution in [3.05, 3.63) is 36.4 Å². The van der Waals surface area contributed by atoms with Gasteiger partial charge in [0.2, 0.25) is 0 Å². The summed E-state index contributed by atoms with van der Waals surface area (Å²) in [5, 5.41) is 2.45. The second-order valence-corrected chi connectivity index (χ2v) is 7.07. The van der Waals surface area contributed by atoms with Gasteiger partial charge in [-0.15, -0.1) is 0 Å². The Morgan fingerprint density at radius 1 is 0.857 bits per heavy atom. The topological polar surface area (TPSA) is 18.5 Å². The molecular formula is C18H26O2Si. The van der Waals surface area contributed by atoms with Gasteiger partial charge in [-0.3, -0.25) is 0 Å². The lowest BCUT2D eigenvalue weighted by molar-refractivity contribution is 0.489. The predicted molar refractivity (Wildman–Crippen MR) is 92.7 cm³/mol. The van der Waals surface area contributed by atoms with Crippen LogP contribution in [0.1, 0.15) is 46.5 Å². The molecule has 0 bridgehead atoms. The number of rotatable bonds is 5. The highest BCUT2D eigenvalue weighted by Crippen LogP contribution is 2.38. The van der Waals surface area contributed by atoms with Crippen LogP contribution in [-0.2, 0) is 0 Å². The third kappa shape index (κ3) is 4.00. The Labute approximate surface area is 129 Å². The predicted octanol–water partition coefficient (Wildman–Crippen LogP) is 5.44. The SMILES string of the molecule is CC.CCCCCC[SiH]1Oc2cc3ccccc3cc2O1. The highest BCUT2D eigenvalue weighted by Gasteiger charge is 2.27. The maximum atomic E-state index is 6.01. The van der Waals surface area contributed by atoms with Crippen LogP contribution in [-0.4, -0.2) is 9.28 Å². The van der Waals surface area contributed by atoms with E-state index in [4.69, 9.17) is 8.85 Å². The Balaban J connectivity index is 0.000000774. The molecule has 0 atom stereocenters. The molecule has 1 heterocycles. The van der Waals surface area contributed by atoms with Gasteiger partial charge < -0.3 is 8.85 Å². The molecule has 2 aromatic rings. The second-order valence-electron chi connectivity index (χ2n) is 5.16. The lowest BCUT2D eigenvalue weighted by Gasteiger charge is -2.06. The minimum Gasteiger partial charge on any atom is -0.511 e. The minimum absolute atomic E-state index is 0.950. The van der Waals surface area contributed by atoms with E-state index in [1.54, 1.807) is 0 Å². The molecule has 21 heavy (non-hydrogen) atoms. The lowest BCUT2D eigenvalue weighted by Crippen LogP contribution is -2.23. The summed E-state index contributed by atoms with van der Waals surface area (Å²) in [4.78, 5) is 0. The first-order valence-corrected chi connectivity index (χ1v) is 9.99. The number of hydrogen-bond donors (Lipinski definition) is 0. The summed E-state index contributed by atoms with van der Waals surface area (Å²) in [5.41, 5.74) is 0. The fourth-order valence-electron chi connectivity index (χ4n) is 2.55. The van der Waals surface area contributed by atoms with Crippen LogP contribution in [0.5, 0.6) is 11.5 Å². The molecule has 0 aliphatic carbocycles. The molecular weight excluding hydrogens is 276 g/mol.